The predicted molar refractivity (Wildman–Crippen MR) is 72.9 cm³/mol. The summed E-state index contributed by atoms with van der Waals surface area (Å²) in [6, 6.07) is 0.744. The average Bonchev–Trinajstić information content (AvgIpc) is 2.62. The normalized spacial score (nSPS) is 18.3. The van der Waals surface area contributed by atoms with Crippen molar-refractivity contribution in [2.45, 2.75) is 51.1 Å². The zero-order valence-corrected chi connectivity index (χ0v) is 11.3. The first-order chi connectivity index (χ1) is 8.29. The first-order valence-corrected chi connectivity index (χ1v) is 7.23. The third-order valence-corrected chi connectivity index (χ3v) is 4.44. The number of nitrogens with zero attached hydrogens (tertiary/aromatic N) is 2. The molecule has 2 rings (SSSR count). The van der Waals surface area contributed by atoms with Gasteiger partial charge in [0.15, 0.2) is 5.13 Å². The fourth-order valence-electron chi connectivity index (χ4n) is 2.52. The summed E-state index contributed by atoms with van der Waals surface area (Å²) >= 11 is 1.64. The highest BCUT2D eigenvalue weighted by molar-refractivity contribution is 7.15. The second-order valence-corrected chi connectivity index (χ2v) is 5.95. The number of hydrazine groups is 1. The SMILES string of the molecule is CN(Cc1cnc(NN)s1)C1CCCCCC1. The maximum absolute atomic E-state index is 5.34. The van der Waals surface area contributed by atoms with Crippen LogP contribution in [0.5, 0.6) is 0 Å². The van der Waals surface area contributed by atoms with Gasteiger partial charge in [-0.1, -0.05) is 37.0 Å². The van der Waals surface area contributed by atoms with E-state index in [4.69, 9.17) is 5.84 Å². The summed E-state index contributed by atoms with van der Waals surface area (Å²) < 4.78 is 0. The summed E-state index contributed by atoms with van der Waals surface area (Å²) in [6.45, 7) is 0.990. The smallest absolute Gasteiger partial charge is 0.197 e. The standard InChI is InChI=1S/C12H22N4S/c1-16(10-6-4-2-3-5-7-10)9-11-8-14-12(15-13)17-11/h8,10H,2-7,9,13H2,1H3,(H,14,15). The molecule has 0 aliphatic heterocycles. The molecule has 17 heavy (non-hydrogen) atoms. The number of aromatic nitrogens is 1. The summed E-state index contributed by atoms with van der Waals surface area (Å²) in [6.07, 6.45) is 10.2. The Morgan fingerprint density at radius 3 is 2.71 bits per heavy atom. The van der Waals surface area contributed by atoms with Crippen molar-refractivity contribution in [1.82, 2.24) is 9.88 Å². The van der Waals surface area contributed by atoms with Crippen LogP contribution in [0.4, 0.5) is 5.13 Å². The van der Waals surface area contributed by atoms with Gasteiger partial charge in [0.25, 0.3) is 0 Å². The second kappa shape index (κ2) is 6.33. The van der Waals surface area contributed by atoms with Crippen LogP contribution >= 0.6 is 11.3 Å². The van der Waals surface area contributed by atoms with Crippen molar-refractivity contribution in [1.29, 1.82) is 0 Å². The molecule has 0 bridgehead atoms. The van der Waals surface area contributed by atoms with Gasteiger partial charge in [-0.15, -0.1) is 0 Å². The molecule has 3 N–H and O–H groups in total. The van der Waals surface area contributed by atoms with Crippen molar-refractivity contribution >= 4 is 16.5 Å². The van der Waals surface area contributed by atoms with Crippen molar-refractivity contribution in [3.8, 4) is 0 Å². The average molecular weight is 254 g/mol. The van der Waals surface area contributed by atoms with Gasteiger partial charge < -0.3 is 0 Å². The largest absolute Gasteiger partial charge is 0.300 e. The zero-order chi connectivity index (χ0) is 12.1. The lowest BCUT2D eigenvalue weighted by molar-refractivity contribution is 0.214. The number of nitrogens with one attached hydrogen (secondary N) is 1. The summed E-state index contributed by atoms with van der Waals surface area (Å²) in [4.78, 5) is 7.96. The van der Waals surface area contributed by atoms with Gasteiger partial charge in [-0.3, -0.25) is 10.3 Å². The molecule has 1 heterocycles. The number of thiazole rings is 1. The Hall–Kier alpha value is -0.650. The van der Waals surface area contributed by atoms with Gasteiger partial charge in [0.05, 0.1) is 0 Å². The molecular weight excluding hydrogens is 232 g/mol. The summed E-state index contributed by atoms with van der Waals surface area (Å²) in [5.74, 6) is 5.34. The van der Waals surface area contributed by atoms with Crippen LogP contribution in [0.15, 0.2) is 6.20 Å². The fourth-order valence-corrected chi connectivity index (χ4v) is 3.31. The molecular formula is C12H22N4S. The zero-order valence-electron chi connectivity index (χ0n) is 10.5. The molecule has 1 aromatic heterocycles. The van der Waals surface area contributed by atoms with E-state index in [2.05, 4.69) is 22.4 Å². The minimum absolute atomic E-state index is 0.744. The van der Waals surface area contributed by atoms with Crippen molar-refractivity contribution in [3.63, 3.8) is 0 Å². The van der Waals surface area contributed by atoms with Crippen LogP contribution in [0.25, 0.3) is 0 Å². The fraction of sp³-hybridized carbons (Fsp3) is 0.750. The van der Waals surface area contributed by atoms with Gasteiger partial charge >= 0.3 is 0 Å². The minimum Gasteiger partial charge on any atom is -0.300 e. The number of anilines is 1. The molecule has 4 nitrogen and oxygen atoms in total. The van der Waals surface area contributed by atoms with Crippen LogP contribution in [0.1, 0.15) is 43.4 Å². The highest BCUT2D eigenvalue weighted by atomic mass is 32.1. The van der Waals surface area contributed by atoms with E-state index < -0.39 is 0 Å². The monoisotopic (exact) mass is 254 g/mol. The molecule has 0 saturated heterocycles. The third-order valence-electron chi connectivity index (χ3n) is 3.53. The lowest BCUT2D eigenvalue weighted by Gasteiger charge is -2.26. The summed E-state index contributed by atoms with van der Waals surface area (Å²) in [7, 11) is 2.23. The third kappa shape index (κ3) is 3.66. The second-order valence-electron chi connectivity index (χ2n) is 4.84. The van der Waals surface area contributed by atoms with Crippen LogP contribution in [0, 0.1) is 0 Å². The Morgan fingerprint density at radius 1 is 1.41 bits per heavy atom. The van der Waals surface area contributed by atoms with Gasteiger partial charge in [-0.05, 0) is 19.9 Å². The number of nitrogens with two attached hydrogens (primary N) is 1. The molecule has 0 spiro atoms. The molecule has 1 fully saturated rings. The summed E-state index contributed by atoms with van der Waals surface area (Å²) in [5, 5.41) is 0.800. The molecule has 5 heteroatoms. The van der Waals surface area contributed by atoms with E-state index in [1.54, 1.807) is 11.3 Å². The highest BCUT2D eigenvalue weighted by Gasteiger charge is 2.17. The van der Waals surface area contributed by atoms with Gasteiger partial charge in [-0.25, -0.2) is 10.8 Å². The van der Waals surface area contributed by atoms with Crippen LogP contribution < -0.4 is 11.3 Å². The van der Waals surface area contributed by atoms with E-state index in [1.165, 1.54) is 43.4 Å². The maximum atomic E-state index is 5.34. The van der Waals surface area contributed by atoms with Crippen molar-refractivity contribution < 1.29 is 0 Å². The van der Waals surface area contributed by atoms with Crippen molar-refractivity contribution in [2.24, 2.45) is 5.84 Å². The highest BCUT2D eigenvalue weighted by Crippen LogP contribution is 2.24. The van der Waals surface area contributed by atoms with E-state index in [9.17, 15) is 0 Å². The molecule has 0 amide bonds. The molecule has 1 saturated carbocycles. The number of nitrogen functional groups attached to an aromatic ring is 1. The lowest BCUT2D eigenvalue weighted by Crippen LogP contribution is -2.30. The van der Waals surface area contributed by atoms with Gasteiger partial charge in [0.2, 0.25) is 0 Å². The molecule has 0 atom stereocenters. The Labute approximate surface area is 107 Å². The summed E-state index contributed by atoms with van der Waals surface area (Å²) in [5.41, 5.74) is 2.60. The molecule has 0 aromatic carbocycles. The van der Waals surface area contributed by atoms with E-state index >= 15 is 0 Å². The number of hydrogen-bond donors (Lipinski definition) is 2. The van der Waals surface area contributed by atoms with E-state index in [1.807, 2.05) is 6.20 Å². The molecule has 1 aromatic rings. The Bertz CT molecular complexity index is 331. The molecule has 0 unspecified atom stereocenters. The molecule has 96 valence electrons. The van der Waals surface area contributed by atoms with Crippen LogP contribution in [0.2, 0.25) is 0 Å². The van der Waals surface area contributed by atoms with Crippen LogP contribution in [-0.2, 0) is 6.54 Å². The number of hydrogen-bond acceptors (Lipinski definition) is 5. The maximum Gasteiger partial charge on any atom is 0.197 e. The van der Waals surface area contributed by atoms with Gasteiger partial charge in [0.1, 0.15) is 0 Å². The van der Waals surface area contributed by atoms with E-state index in [0.29, 0.717) is 0 Å². The Morgan fingerprint density at radius 2 is 2.12 bits per heavy atom. The van der Waals surface area contributed by atoms with E-state index in [-0.39, 0.29) is 0 Å². The van der Waals surface area contributed by atoms with Crippen molar-refractivity contribution in [3.05, 3.63) is 11.1 Å². The quantitative estimate of drug-likeness (QED) is 0.492. The predicted octanol–water partition coefficient (Wildman–Crippen LogP) is 2.58. The Kier molecular flexibility index (Phi) is 4.76. The van der Waals surface area contributed by atoms with Crippen molar-refractivity contribution in [2.75, 3.05) is 12.5 Å². The number of rotatable bonds is 4. The van der Waals surface area contributed by atoms with Crippen LogP contribution in [0.3, 0.4) is 0 Å². The minimum atomic E-state index is 0.744. The first kappa shape index (κ1) is 12.8. The molecule has 1 aliphatic carbocycles. The van der Waals surface area contributed by atoms with E-state index in [0.717, 1.165) is 17.7 Å². The van der Waals surface area contributed by atoms with Gasteiger partial charge in [-0.2, -0.15) is 0 Å². The molecule has 0 radical (unpaired) electrons. The topological polar surface area (TPSA) is 54.2 Å². The van der Waals surface area contributed by atoms with Gasteiger partial charge in [0, 0.05) is 23.7 Å². The Balaban J connectivity index is 1.88. The van der Waals surface area contributed by atoms with Crippen LogP contribution in [-0.4, -0.2) is 23.0 Å². The molecule has 1 aliphatic rings. The lowest BCUT2D eigenvalue weighted by atomic mass is 10.1. The first-order valence-electron chi connectivity index (χ1n) is 6.41.